The highest BCUT2D eigenvalue weighted by molar-refractivity contribution is 7.91. The molecule has 5 nitrogen and oxygen atoms in total. The lowest BCUT2D eigenvalue weighted by Gasteiger charge is -2.24. The zero-order chi connectivity index (χ0) is 23.0. The summed E-state index contributed by atoms with van der Waals surface area (Å²) in [5.74, 6) is -14.0. The zero-order valence-electron chi connectivity index (χ0n) is 15.0. The van der Waals surface area contributed by atoms with Crippen LogP contribution in [0.15, 0.2) is 24.4 Å². The van der Waals surface area contributed by atoms with E-state index in [-0.39, 0.29) is 5.56 Å². The van der Waals surface area contributed by atoms with Crippen molar-refractivity contribution in [1.29, 1.82) is 0 Å². The normalized spacial score (nSPS) is 13.5. The standard InChI is InChI=1S/C17H13F7N2O3S/c1-7-4-11(15(25)27)26-5-8(7)14(12-9(18)2-3-10(19)13(12)20)30(28,29)6-17(23,24)16(21)22/h2-5,14,16H,6H2,1H3,(H2,25,27). The number of rotatable bonds is 7. The molecule has 0 saturated heterocycles. The van der Waals surface area contributed by atoms with Gasteiger partial charge in [0.15, 0.2) is 21.5 Å². The molecule has 2 aromatic rings. The molecule has 0 aliphatic heterocycles. The Bertz CT molecular complexity index is 1090. The largest absolute Gasteiger partial charge is 0.364 e. The molecule has 0 spiro atoms. The molecule has 1 heterocycles. The molecule has 1 aromatic carbocycles. The first-order valence-electron chi connectivity index (χ1n) is 7.96. The van der Waals surface area contributed by atoms with Crippen molar-refractivity contribution in [3.8, 4) is 0 Å². The van der Waals surface area contributed by atoms with Crippen molar-refractivity contribution in [1.82, 2.24) is 4.98 Å². The second kappa shape index (κ2) is 8.20. The molecule has 2 rings (SSSR count). The first-order chi connectivity index (χ1) is 13.7. The third kappa shape index (κ3) is 4.55. The molecule has 1 unspecified atom stereocenters. The van der Waals surface area contributed by atoms with E-state index in [4.69, 9.17) is 5.73 Å². The van der Waals surface area contributed by atoms with Gasteiger partial charge in [-0.25, -0.2) is 30.4 Å². The number of aryl methyl sites for hydroxylation is 1. The first kappa shape index (κ1) is 23.6. The maximum atomic E-state index is 14.3. The number of hydrogen-bond donors (Lipinski definition) is 1. The Balaban J connectivity index is 2.82. The fourth-order valence-electron chi connectivity index (χ4n) is 2.70. The number of halogens is 7. The number of nitrogens with two attached hydrogens (primary N) is 1. The molecule has 1 aromatic heterocycles. The van der Waals surface area contributed by atoms with Crippen molar-refractivity contribution in [2.45, 2.75) is 24.5 Å². The molecule has 1 atom stereocenters. The van der Waals surface area contributed by atoms with Gasteiger partial charge in [0.25, 0.3) is 5.91 Å². The molecule has 1 amide bonds. The number of primary amides is 1. The minimum absolute atomic E-state index is 0.198. The number of pyridine rings is 1. The Morgan fingerprint density at radius 3 is 2.23 bits per heavy atom. The number of benzene rings is 1. The summed E-state index contributed by atoms with van der Waals surface area (Å²) in [4.78, 5) is 14.7. The Morgan fingerprint density at radius 2 is 1.73 bits per heavy atom. The number of aromatic nitrogens is 1. The Labute approximate surface area is 165 Å². The lowest BCUT2D eigenvalue weighted by atomic mass is 10.00. The molecule has 0 radical (unpaired) electrons. The van der Waals surface area contributed by atoms with Gasteiger partial charge in [-0.3, -0.25) is 9.78 Å². The molecule has 13 heteroatoms. The highest BCUT2D eigenvalue weighted by Crippen LogP contribution is 2.39. The van der Waals surface area contributed by atoms with Crippen LogP contribution in [0.2, 0.25) is 0 Å². The van der Waals surface area contributed by atoms with E-state index in [1.165, 1.54) is 0 Å². The highest BCUT2D eigenvalue weighted by atomic mass is 32.2. The van der Waals surface area contributed by atoms with Crippen LogP contribution in [0.5, 0.6) is 0 Å². The van der Waals surface area contributed by atoms with Gasteiger partial charge in [-0.2, -0.15) is 8.78 Å². The molecule has 0 saturated carbocycles. The molecular weight excluding hydrogens is 445 g/mol. The third-order valence-electron chi connectivity index (χ3n) is 4.10. The van der Waals surface area contributed by atoms with Crippen LogP contribution in [0.4, 0.5) is 30.7 Å². The van der Waals surface area contributed by atoms with Gasteiger partial charge in [-0.05, 0) is 36.2 Å². The molecule has 164 valence electrons. The summed E-state index contributed by atoms with van der Waals surface area (Å²) in [7, 11) is -5.48. The van der Waals surface area contributed by atoms with Gasteiger partial charge in [0.2, 0.25) is 0 Å². The molecule has 0 bridgehead atoms. The van der Waals surface area contributed by atoms with Crippen LogP contribution in [-0.2, 0) is 9.84 Å². The Kier molecular flexibility index (Phi) is 6.45. The number of amides is 1. The quantitative estimate of drug-likeness (QED) is 0.509. The van der Waals surface area contributed by atoms with E-state index in [1.54, 1.807) is 0 Å². The Morgan fingerprint density at radius 1 is 1.17 bits per heavy atom. The molecular formula is C17H13F7N2O3S. The number of hydrogen-bond acceptors (Lipinski definition) is 4. The SMILES string of the molecule is Cc1cc(C(N)=O)ncc1C(c1c(F)ccc(F)c1F)S(=O)(=O)CC(F)(F)C(F)F. The van der Waals surface area contributed by atoms with Crippen molar-refractivity contribution in [2.75, 3.05) is 5.75 Å². The summed E-state index contributed by atoms with van der Waals surface area (Å²) in [6.45, 7) is 1.13. The summed E-state index contributed by atoms with van der Waals surface area (Å²) in [5, 5.41) is -2.66. The van der Waals surface area contributed by atoms with Crippen molar-refractivity contribution in [3.63, 3.8) is 0 Å². The summed E-state index contributed by atoms with van der Waals surface area (Å²) in [6.07, 6.45) is -3.78. The fourth-order valence-corrected chi connectivity index (χ4v) is 4.74. The van der Waals surface area contributed by atoms with Crippen LogP contribution in [0.25, 0.3) is 0 Å². The zero-order valence-corrected chi connectivity index (χ0v) is 15.8. The van der Waals surface area contributed by atoms with E-state index in [0.717, 1.165) is 13.0 Å². The maximum Gasteiger partial charge on any atom is 0.321 e. The maximum absolute atomic E-state index is 14.3. The monoisotopic (exact) mass is 458 g/mol. The number of carbonyl (C=O) groups excluding carboxylic acids is 1. The van der Waals surface area contributed by atoms with E-state index in [2.05, 4.69) is 4.98 Å². The summed E-state index contributed by atoms with van der Waals surface area (Å²) in [6, 6.07) is 1.58. The first-order valence-corrected chi connectivity index (χ1v) is 9.68. The lowest BCUT2D eigenvalue weighted by molar-refractivity contribution is -0.111. The molecule has 0 fully saturated rings. The third-order valence-corrected chi connectivity index (χ3v) is 6.09. The molecule has 0 aliphatic rings. The van der Waals surface area contributed by atoms with E-state index in [1.807, 2.05) is 0 Å². The van der Waals surface area contributed by atoms with Crippen molar-refractivity contribution in [3.05, 3.63) is 64.2 Å². The molecule has 0 aliphatic carbocycles. The second-order valence-corrected chi connectivity index (χ2v) is 8.38. The van der Waals surface area contributed by atoms with Crippen LogP contribution in [0.3, 0.4) is 0 Å². The fraction of sp³-hybridized carbons (Fsp3) is 0.294. The predicted octanol–water partition coefficient (Wildman–Crippen LogP) is 3.31. The minimum atomic E-state index is -5.48. The summed E-state index contributed by atoms with van der Waals surface area (Å²) < 4.78 is 120. The number of carbonyl (C=O) groups is 1. The number of nitrogens with zero attached hydrogens (tertiary/aromatic N) is 1. The van der Waals surface area contributed by atoms with Gasteiger partial charge in [-0.1, -0.05) is 0 Å². The van der Waals surface area contributed by atoms with Crippen molar-refractivity contribution >= 4 is 15.7 Å². The van der Waals surface area contributed by atoms with Crippen LogP contribution < -0.4 is 5.73 Å². The van der Waals surface area contributed by atoms with E-state index >= 15 is 0 Å². The molecule has 30 heavy (non-hydrogen) atoms. The summed E-state index contributed by atoms with van der Waals surface area (Å²) in [5.41, 5.74) is 2.30. The minimum Gasteiger partial charge on any atom is -0.364 e. The second-order valence-electron chi connectivity index (χ2n) is 6.30. The average molecular weight is 458 g/mol. The Hall–Kier alpha value is -2.70. The van der Waals surface area contributed by atoms with Crippen LogP contribution in [-0.4, -0.2) is 37.4 Å². The van der Waals surface area contributed by atoms with Gasteiger partial charge >= 0.3 is 12.3 Å². The van der Waals surface area contributed by atoms with E-state index in [0.29, 0.717) is 18.3 Å². The van der Waals surface area contributed by atoms with Gasteiger partial charge in [0.05, 0.1) is 0 Å². The van der Waals surface area contributed by atoms with Gasteiger partial charge in [0, 0.05) is 11.8 Å². The number of alkyl halides is 4. The highest BCUT2D eigenvalue weighted by Gasteiger charge is 2.49. The topological polar surface area (TPSA) is 90.1 Å². The van der Waals surface area contributed by atoms with Gasteiger partial charge < -0.3 is 5.73 Å². The van der Waals surface area contributed by atoms with Gasteiger partial charge in [-0.15, -0.1) is 0 Å². The molecule has 2 N–H and O–H groups in total. The van der Waals surface area contributed by atoms with Gasteiger partial charge in [0.1, 0.15) is 22.5 Å². The number of sulfone groups is 1. The van der Waals surface area contributed by atoms with E-state index in [9.17, 15) is 43.9 Å². The lowest BCUT2D eigenvalue weighted by Crippen LogP contribution is -2.38. The van der Waals surface area contributed by atoms with Crippen LogP contribution in [0, 0.1) is 24.4 Å². The predicted molar refractivity (Wildman–Crippen MR) is 90.4 cm³/mol. The average Bonchev–Trinajstić information content (AvgIpc) is 2.61. The smallest absolute Gasteiger partial charge is 0.321 e. The van der Waals surface area contributed by atoms with Crippen molar-refractivity contribution in [2.24, 2.45) is 5.73 Å². The summed E-state index contributed by atoms with van der Waals surface area (Å²) >= 11 is 0. The van der Waals surface area contributed by atoms with Crippen molar-refractivity contribution < 1.29 is 43.9 Å². The van der Waals surface area contributed by atoms with Crippen LogP contribution in [0.1, 0.15) is 32.4 Å². The van der Waals surface area contributed by atoms with Crippen LogP contribution >= 0.6 is 0 Å². The van der Waals surface area contributed by atoms with E-state index < -0.39 is 73.4 Å².